The topological polar surface area (TPSA) is 85.2 Å². The van der Waals surface area contributed by atoms with Crippen molar-refractivity contribution in [2.45, 2.75) is 25.0 Å². The number of nitrogens with one attached hydrogen (secondary N) is 1. The van der Waals surface area contributed by atoms with E-state index in [2.05, 4.69) is 22.2 Å². The van der Waals surface area contributed by atoms with Gasteiger partial charge in [0.25, 0.3) is 5.91 Å². The van der Waals surface area contributed by atoms with Crippen molar-refractivity contribution in [2.24, 2.45) is 0 Å². The second kappa shape index (κ2) is 10.3. The highest BCUT2D eigenvalue weighted by molar-refractivity contribution is 7.99. The van der Waals surface area contributed by atoms with Crippen molar-refractivity contribution < 1.29 is 9.53 Å². The molecule has 31 heavy (non-hydrogen) atoms. The zero-order chi connectivity index (χ0) is 21.6. The third kappa shape index (κ3) is 5.28. The van der Waals surface area contributed by atoms with Gasteiger partial charge in [-0.3, -0.25) is 4.79 Å². The van der Waals surface area contributed by atoms with Gasteiger partial charge in [0.05, 0.1) is 31.3 Å². The fraction of sp³-hybridized carbons (Fsp3) is 0.429. The molecule has 0 aliphatic carbocycles. The maximum atomic E-state index is 12.4. The second-order valence-electron chi connectivity index (χ2n) is 7.15. The first kappa shape index (κ1) is 21.9. The molecular formula is C21H25ClN6O2S. The molecule has 0 unspecified atom stereocenters. The number of hydrogen-bond acceptors (Lipinski definition) is 7. The number of carbonyl (C=O) groups excluding carboxylic acids is 1. The summed E-state index contributed by atoms with van der Waals surface area (Å²) in [5.41, 5.74) is 1.32. The van der Waals surface area contributed by atoms with E-state index in [0.717, 1.165) is 47.3 Å². The Balaban J connectivity index is 1.52. The van der Waals surface area contributed by atoms with Crippen LogP contribution in [0.2, 0.25) is 5.02 Å². The lowest BCUT2D eigenvalue weighted by Gasteiger charge is -2.28. The SMILES string of the molecule is CCCSc1nc(N2CCOCC2)c2cnn(CCNC(=O)c3cccc(Cl)c3)c2n1. The van der Waals surface area contributed by atoms with Crippen LogP contribution in [0.15, 0.2) is 35.6 Å². The van der Waals surface area contributed by atoms with Crippen LogP contribution in [-0.4, -0.2) is 64.3 Å². The molecule has 3 heterocycles. The van der Waals surface area contributed by atoms with Gasteiger partial charge in [0.15, 0.2) is 10.8 Å². The monoisotopic (exact) mass is 460 g/mol. The highest BCUT2D eigenvalue weighted by atomic mass is 35.5. The number of nitrogens with zero attached hydrogens (tertiary/aromatic N) is 5. The molecule has 0 atom stereocenters. The Morgan fingerprint density at radius 2 is 2.13 bits per heavy atom. The highest BCUT2D eigenvalue weighted by Crippen LogP contribution is 2.28. The fourth-order valence-electron chi connectivity index (χ4n) is 3.37. The highest BCUT2D eigenvalue weighted by Gasteiger charge is 2.20. The van der Waals surface area contributed by atoms with Crippen LogP contribution in [0, 0.1) is 0 Å². The van der Waals surface area contributed by atoms with Crippen molar-refractivity contribution in [3.8, 4) is 0 Å². The molecule has 1 amide bonds. The lowest BCUT2D eigenvalue weighted by atomic mass is 10.2. The number of hydrogen-bond donors (Lipinski definition) is 1. The van der Waals surface area contributed by atoms with Gasteiger partial charge in [-0.05, 0) is 24.6 Å². The Morgan fingerprint density at radius 1 is 1.29 bits per heavy atom. The molecule has 0 radical (unpaired) electrons. The summed E-state index contributed by atoms with van der Waals surface area (Å²) in [6, 6.07) is 6.90. The molecule has 164 valence electrons. The molecule has 1 aliphatic heterocycles. The Morgan fingerprint density at radius 3 is 2.90 bits per heavy atom. The molecule has 2 aromatic heterocycles. The number of anilines is 1. The van der Waals surface area contributed by atoms with Gasteiger partial charge in [-0.2, -0.15) is 5.10 Å². The summed E-state index contributed by atoms with van der Waals surface area (Å²) in [5.74, 6) is 1.70. The van der Waals surface area contributed by atoms with E-state index < -0.39 is 0 Å². The van der Waals surface area contributed by atoms with Crippen LogP contribution in [-0.2, 0) is 11.3 Å². The molecule has 4 rings (SSSR count). The molecule has 0 saturated carbocycles. The molecule has 3 aromatic rings. The second-order valence-corrected chi connectivity index (χ2v) is 8.65. The summed E-state index contributed by atoms with van der Waals surface area (Å²) >= 11 is 7.63. The predicted molar refractivity (Wildman–Crippen MR) is 123 cm³/mol. The third-order valence-electron chi connectivity index (χ3n) is 4.90. The summed E-state index contributed by atoms with van der Waals surface area (Å²) in [5, 5.41) is 9.66. The number of morpholine rings is 1. The van der Waals surface area contributed by atoms with E-state index in [-0.39, 0.29) is 5.91 Å². The first-order chi connectivity index (χ1) is 15.2. The number of benzene rings is 1. The van der Waals surface area contributed by atoms with Gasteiger partial charge in [-0.15, -0.1) is 0 Å². The molecule has 8 nitrogen and oxygen atoms in total. The number of rotatable bonds is 8. The average Bonchev–Trinajstić information content (AvgIpc) is 3.20. The Labute approximate surface area is 190 Å². The van der Waals surface area contributed by atoms with Gasteiger partial charge in [0.2, 0.25) is 0 Å². The van der Waals surface area contributed by atoms with E-state index in [1.807, 2.05) is 10.9 Å². The van der Waals surface area contributed by atoms with Crippen LogP contribution in [0.5, 0.6) is 0 Å². The van der Waals surface area contributed by atoms with E-state index in [9.17, 15) is 4.79 Å². The van der Waals surface area contributed by atoms with Gasteiger partial charge in [0, 0.05) is 36.0 Å². The van der Waals surface area contributed by atoms with Crippen molar-refractivity contribution in [3.05, 3.63) is 41.0 Å². The maximum absolute atomic E-state index is 12.4. The largest absolute Gasteiger partial charge is 0.378 e. The lowest BCUT2D eigenvalue weighted by Crippen LogP contribution is -2.37. The van der Waals surface area contributed by atoms with Gasteiger partial charge >= 0.3 is 0 Å². The van der Waals surface area contributed by atoms with Gasteiger partial charge in [0.1, 0.15) is 5.82 Å². The quantitative estimate of drug-likeness (QED) is 0.408. The number of ether oxygens (including phenoxy) is 1. The molecule has 1 fully saturated rings. The van der Waals surface area contributed by atoms with Gasteiger partial charge in [-0.1, -0.05) is 36.4 Å². The van der Waals surface area contributed by atoms with Crippen molar-refractivity contribution in [1.29, 1.82) is 0 Å². The lowest BCUT2D eigenvalue weighted by molar-refractivity contribution is 0.0952. The van der Waals surface area contributed by atoms with Crippen molar-refractivity contribution in [1.82, 2.24) is 25.1 Å². The van der Waals surface area contributed by atoms with E-state index in [1.54, 1.807) is 36.0 Å². The van der Waals surface area contributed by atoms with E-state index in [1.165, 1.54) is 0 Å². The van der Waals surface area contributed by atoms with E-state index in [0.29, 0.717) is 36.9 Å². The van der Waals surface area contributed by atoms with E-state index in [4.69, 9.17) is 26.3 Å². The molecule has 0 bridgehead atoms. The Hall–Kier alpha value is -2.36. The first-order valence-electron chi connectivity index (χ1n) is 10.4. The summed E-state index contributed by atoms with van der Waals surface area (Å²) in [6.45, 7) is 6.04. The third-order valence-corrected chi connectivity index (χ3v) is 6.19. The maximum Gasteiger partial charge on any atom is 0.251 e. The summed E-state index contributed by atoms with van der Waals surface area (Å²) < 4.78 is 7.32. The average molecular weight is 461 g/mol. The Kier molecular flexibility index (Phi) is 7.26. The molecule has 0 spiro atoms. The van der Waals surface area contributed by atoms with E-state index >= 15 is 0 Å². The van der Waals surface area contributed by atoms with Crippen LogP contribution in [0.4, 0.5) is 5.82 Å². The number of carbonyl (C=O) groups is 1. The summed E-state index contributed by atoms with van der Waals surface area (Å²) in [7, 11) is 0. The number of fused-ring (bicyclic) bond motifs is 1. The number of thioether (sulfide) groups is 1. The van der Waals surface area contributed by atoms with Crippen LogP contribution < -0.4 is 10.2 Å². The Bertz CT molecular complexity index is 1050. The zero-order valence-electron chi connectivity index (χ0n) is 17.4. The fourth-order valence-corrected chi connectivity index (χ4v) is 4.24. The number of aromatic nitrogens is 4. The smallest absolute Gasteiger partial charge is 0.251 e. The molecular weight excluding hydrogens is 436 g/mol. The zero-order valence-corrected chi connectivity index (χ0v) is 19.0. The van der Waals surface area contributed by atoms with Gasteiger partial charge in [-0.25, -0.2) is 14.6 Å². The van der Waals surface area contributed by atoms with Crippen LogP contribution in [0.3, 0.4) is 0 Å². The van der Waals surface area contributed by atoms with Gasteiger partial charge < -0.3 is 15.0 Å². The molecule has 1 aromatic carbocycles. The predicted octanol–water partition coefficient (Wildman–Crippen LogP) is 3.25. The normalized spacial score (nSPS) is 14.2. The molecule has 1 saturated heterocycles. The minimum atomic E-state index is -0.165. The summed E-state index contributed by atoms with van der Waals surface area (Å²) in [6.07, 6.45) is 2.86. The molecule has 1 N–H and O–H groups in total. The van der Waals surface area contributed by atoms with Crippen LogP contribution in [0.1, 0.15) is 23.7 Å². The minimum Gasteiger partial charge on any atom is -0.378 e. The first-order valence-corrected chi connectivity index (χ1v) is 11.7. The molecule has 10 heteroatoms. The number of halogens is 1. The van der Waals surface area contributed by atoms with Crippen molar-refractivity contribution in [2.75, 3.05) is 43.5 Å². The van der Waals surface area contributed by atoms with Crippen molar-refractivity contribution in [3.63, 3.8) is 0 Å². The minimum absolute atomic E-state index is 0.165. The number of amides is 1. The standard InChI is InChI=1S/C21H25ClN6O2S/c1-2-12-31-21-25-18(27-8-10-30-11-9-27)17-14-24-28(19(17)26-21)7-6-23-20(29)15-4-3-5-16(22)13-15/h3-5,13-14H,2,6-12H2,1H3,(H,23,29). The molecule has 1 aliphatic rings. The van der Waals surface area contributed by atoms with Crippen molar-refractivity contribution >= 4 is 46.1 Å². The van der Waals surface area contributed by atoms with Crippen LogP contribution in [0.25, 0.3) is 11.0 Å². The summed E-state index contributed by atoms with van der Waals surface area (Å²) in [4.78, 5) is 24.2. The van der Waals surface area contributed by atoms with Crippen LogP contribution >= 0.6 is 23.4 Å².